The van der Waals surface area contributed by atoms with E-state index in [-0.39, 0.29) is 18.1 Å². The maximum absolute atomic E-state index is 13.4. The smallest absolute Gasteiger partial charge is 0.305 e. The van der Waals surface area contributed by atoms with Gasteiger partial charge in [-0.3, -0.25) is 20.4 Å². The maximum Gasteiger partial charge on any atom is 0.305 e. The van der Waals surface area contributed by atoms with Crippen LogP contribution in [0.1, 0.15) is 16.3 Å². The fourth-order valence-electron chi connectivity index (χ4n) is 2.18. The SMILES string of the molecule is O=C(COc1ccccc1F)NNC(=O)c1ccc(COc2ccccc2)o1. The summed E-state index contributed by atoms with van der Waals surface area (Å²) in [5.41, 5.74) is 4.35. The molecule has 1 heterocycles. The average molecular weight is 384 g/mol. The van der Waals surface area contributed by atoms with E-state index in [1.807, 2.05) is 18.2 Å². The van der Waals surface area contributed by atoms with Crippen molar-refractivity contribution in [3.05, 3.63) is 84.1 Å². The molecule has 0 atom stereocenters. The van der Waals surface area contributed by atoms with Crippen LogP contribution in [0.2, 0.25) is 0 Å². The third-order valence-corrected chi connectivity index (χ3v) is 3.52. The molecule has 0 aliphatic carbocycles. The number of halogens is 1. The fraction of sp³-hybridized carbons (Fsp3) is 0.100. The minimum Gasteiger partial charge on any atom is -0.486 e. The lowest BCUT2D eigenvalue weighted by atomic mass is 10.3. The van der Waals surface area contributed by atoms with Crippen LogP contribution in [0.4, 0.5) is 4.39 Å². The van der Waals surface area contributed by atoms with Gasteiger partial charge < -0.3 is 13.9 Å². The van der Waals surface area contributed by atoms with Crippen molar-refractivity contribution in [2.45, 2.75) is 6.61 Å². The number of rotatable bonds is 7. The number of carbonyl (C=O) groups is 2. The van der Waals surface area contributed by atoms with Crippen molar-refractivity contribution < 1.29 is 27.9 Å². The van der Waals surface area contributed by atoms with Gasteiger partial charge in [-0.1, -0.05) is 30.3 Å². The molecule has 0 radical (unpaired) electrons. The van der Waals surface area contributed by atoms with Gasteiger partial charge in [-0.25, -0.2) is 4.39 Å². The Morgan fingerprint density at radius 1 is 0.893 bits per heavy atom. The Morgan fingerprint density at radius 2 is 1.64 bits per heavy atom. The summed E-state index contributed by atoms with van der Waals surface area (Å²) in [7, 11) is 0. The van der Waals surface area contributed by atoms with Gasteiger partial charge in [0.2, 0.25) is 0 Å². The second-order valence-electron chi connectivity index (χ2n) is 5.59. The van der Waals surface area contributed by atoms with E-state index in [2.05, 4.69) is 10.9 Å². The lowest BCUT2D eigenvalue weighted by Gasteiger charge is -2.08. The van der Waals surface area contributed by atoms with Crippen LogP contribution in [0, 0.1) is 5.82 Å². The molecule has 2 amide bonds. The molecule has 8 heteroatoms. The first kappa shape index (κ1) is 19.0. The number of benzene rings is 2. The molecule has 2 aromatic carbocycles. The molecule has 0 unspecified atom stereocenters. The van der Waals surface area contributed by atoms with Gasteiger partial charge in [-0.15, -0.1) is 0 Å². The van der Waals surface area contributed by atoms with Gasteiger partial charge in [0.05, 0.1) is 0 Å². The Labute approximate surface area is 160 Å². The van der Waals surface area contributed by atoms with E-state index >= 15 is 0 Å². The Bertz CT molecular complexity index is 943. The van der Waals surface area contributed by atoms with Crippen molar-refractivity contribution in [2.75, 3.05) is 6.61 Å². The summed E-state index contributed by atoms with van der Waals surface area (Å²) in [5, 5.41) is 0. The van der Waals surface area contributed by atoms with Crippen molar-refractivity contribution in [1.29, 1.82) is 0 Å². The minimum atomic E-state index is -0.657. The van der Waals surface area contributed by atoms with Crippen molar-refractivity contribution in [3.8, 4) is 11.5 Å². The Hall–Kier alpha value is -3.81. The molecule has 1 aromatic heterocycles. The number of hydrogen-bond acceptors (Lipinski definition) is 5. The molecule has 0 saturated heterocycles. The molecule has 3 rings (SSSR count). The van der Waals surface area contributed by atoms with E-state index in [9.17, 15) is 14.0 Å². The van der Waals surface area contributed by atoms with Crippen LogP contribution in [-0.4, -0.2) is 18.4 Å². The van der Waals surface area contributed by atoms with E-state index in [0.29, 0.717) is 11.5 Å². The highest BCUT2D eigenvalue weighted by atomic mass is 19.1. The van der Waals surface area contributed by atoms with Crippen LogP contribution in [0.5, 0.6) is 11.5 Å². The summed E-state index contributed by atoms with van der Waals surface area (Å²) in [4.78, 5) is 23.7. The lowest BCUT2D eigenvalue weighted by molar-refractivity contribution is -0.123. The van der Waals surface area contributed by atoms with E-state index in [0.717, 1.165) is 0 Å². The zero-order valence-electron chi connectivity index (χ0n) is 14.7. The van der Waals surface area contributed by atoms with Crippen LogP contribution in [0.25, 0.3) is 0 Å². The monoisotopic (exact) mass is 384 g/mol. The highest BCUT2D eigenvalue weighted by Crippen LogP contribution is 2.15. The topological polar surface area (TPSA) is 89.8 Å². The molecule has 0 spiro atoms. The van der Waals surface area contributed by atoms with Crippen molar-refractivity contribution in [1.82, 2.24) is 10.9 Å². The molecular formula is C20H17FN2O5. The van der Waals surface area contributed by atoms with Gasteiger partial charge in [0.15, 0.2) is 23.9 Å². The van der Waals surface area contributed by atoms with Gasteiger partial charge in [0.25, 0.3) is 5.91 Å². The van der Waals surface area contributed by atoms with Crippen molar-refractivity contribution in [2.24, 2.45) is 0 Å². The highest BCUT2D eigenvalue weighted by molar-refractivity contribution is 5.93. The Kier molecular flexibility index (Phi) is 6.25. The molecule has 0 saturated carbocycles. The maximum atomic E-state index is 13.4. The van der Waals surface area contributed by atoms with Gasteiger partial charge in [-0.05, 0) is 36.4 Å². The van der Waals surface area contributed by atoms with E-state index in [1.54, 1.807) is 24.3 Å². The first-order valence-corrected chi connectivity index (χ1v) is 8.35. The second kappa shape index (κ2) is 9.22. The summed E-state index contributed by atoms with van der Waals surface area (Å²) in [6.07, 6.45) is 0. The normalized spacial score (nSPS) is 10.2. The number of amides is 2. The molecule has 28 heavy (non-hydrogen) atoms. The van der Waals surface area contributed by atoms with E-state index in [4.69, 9.17) is 13.9 Å². The first-order chi connectivity index (χ1) is 13.6. The van der Waals surface area contributed by atoms with Crippen LogP contribution in [-0.2, 0) is 11.4 Å². The molecular weight excluding hydrogens is 367 g/mol. The van der Waals surface area contributed by atoms with E-state index < -0.39 is 24.2 Å². The third kappa shape index (κ3) is 5.34. The largest absolute Gasteiger partial charge is 0.486 e. The zero-order valence-corrected chi connectivity index (χ0v) is 14.7. The van der Waals surface area contributed by atoms with Gasteiger partial charge >= 0.3 is 5.91 Å². The van der Waals surface area contributed by atoms with Crippen molar-refractivity contribution in [3.63, 3.8) is 0 Å². The molecule has 144 valence electrons. The highest BCUT2D eigenvalue weighted by Gasteiger charge is 2.13. The fourth-order valence-corrected chi connectivity index (χ4v) is 2.18. The van der Waals surface area contributed by atoms with Gasteiger partial charge in [0.1, 0.15) is 18.1 Å². The van der Waals surface area contributed by atoms with Gasteiger partial charge in [0, 0.05) is 0 Å². The summed E-state index contributed by atoms with van der Waals surface area (Å²) >= 11 is 0. The average Bonchev–Trinajstić information content (AvgIpc) is 3.20. The third-order valence-electron chi connectivity index (χ3n) is 3.52. The number of hydrogen-bond donors (Lipinski definition) is 2. The number of carbonyl (C=O) groups excluding carboxylic acids is 2. The summed E-state index contributed by atoms with van der Waals surface area (Å²) < 4.78 is 29.3. The summed E-state index contributed by atoms with van der Waals surface area (Å²) in [6.45, 7) is -0.310. The van der Waals surface area contributed by atoms with Crippen LogP contribution < -0.4 is 20.3 Å². The van der Waals surface area contributed by atoms with Crippen LogP contribution >= 0.6 is 0 Å². The molecule has 0 aliphatic rings. The predicted octanol–water partition coefficient (Wildman–Crippen LogP) is 2.84. The van der Waals surface area contributed by atoms with Crippen molar-refractivity contribution >= 4 is 11.8 Å². The Balaban J connectivity index is 1.42. The van der Waals surface area contributed by atoms with Crippen LogP contribution in [0.3, 0.4) is 0 Å². The predicted molar refractivity (Wildman–Crippen MR) is 97.0 cm³/mol. The quantitative estimate of drug-likeness (QED) is 0.612. The summed E-state index contributed by atoms with van der Waals surface area (Å²) in [6, 6.07) is 17.9. The number of furan rings is 1. The van der Waals surface area contributed by atoms with Gasteiger partial charge in [-0.2, -0.15) is 0 Å². The zero-order chi connectivity index (χ0) is 19.8. The molecule has 0 aliphatic heterocycles. The minimum absolute atomic E-state index is 0.00184. The molecule has 0 fully saturated rings. The standard InChI is InChI=1S/C20H17FN2O5/c21-16-8-4-5-9-17(16)27-13-19(24)22-23-20(25)18-11-10-15(28-18)12-26-14-6-2-1-3-7-14/h1-11H,12-13H2,(H,22,24)(H,23,25). The molecule has 7 nitrogen and oxygen atoms in total. The molecule has 3 aromatic rings. The molecule has 2 N–H and O–H groups in total. The number of nitrogens with one attached hydrogen (secondary N) is 2. The lowest BCUT2D eigenvalue weighted by Crippen LogP contribution is -2.43. The van der Waals surface area contributed by atoms with Crippen LogP contribution in [0.15, 0.2) is 71.1 Å². The molecule has 0 bridgehead atoms. The van der Waals surface area contributed by atoms with E-state index in [1.165, 1.54) is 24.3 Å². The number of hydrazine groups is 1. The summed E-state index contributed by atoms with van der Waals surface area (Å²) in [5.74, 6) is -0.823. The number of para-hydroxylation sites is 2. The first-order valence-electron chi connectivity index (χ1n) is 8.35. The second-order valence-corrected chi connectivity index (χ2v) is 5.59. The number of ether oxygens (including phenoxy) is 2. The Morgan fingerprint density at radius 3 is 2.43 bits per heavy atom.